The number of hydrogen-bond acceptors (Lipinski definition) is 0. The molecule has 1 aliphatic rings. The van der Waals surface area contributed by atoms with Crippen LogP contribution in [0.1, 0.15) is 32.6 Å². The van der Waals surface area contributed by atoms with Crippen LogP contribution < -0.4 is 0 Å². The first-order valence-electron chi connectivity index (χ1n) is 4.16. The van der Waals surface area contributed by atoms with Gasteiger partial charge < -0.3 is 0 Å². The molecule has 1 saturated heterocycles. The standard InChI is InChI=1S/C8H17P.HI/c1-2-6-9-7-4-3-5-8-9;/h2-8H2,1H3;1H. The predicted octanol–water partition coefficient (Wildman–Crippen LogP) is 3.68. The van der Waals surface area contributed by atoms with Crippen molar-refractivity contribution in [2.24, 2.45) is 0 Å². The van der Waals surface area contributed by atoms with Crippen LogP contribution in [-0.2, 0) is 0 Å². The lowest BCUT2D eigenvalue weighted by molar-refractivity contribution is 0.749. The molecule has 0 radical (unpaired) electrons. The van der Waals surface area contributed by atoms with Gasteiger partial charge in [-0.3, -0.25) is 0 Å². The van der Waals surface area contributed by atoms with E-state index in [2.05, 4.69) is 6.92 Å². The largest absolute Gasteiger partial charge is 0.107 e. The third-order valence-electron chi connectivity index (χ3n) is 1.99. The second kappa shape index (κ2) is 6.84. The lowest BCUT2D eigenvalue weighted by Gasteiger charge is -2.21. The van der Waals surface area contributed by atoms with Gasteiger partial charge >= 0.3 is 0 Å². The number of hydrogen-bond donors (Lipinski definition) is 0. The quantitative estimate of drug-likeness (QED) is 0.531. The van der Waals surface area contributed by atoms with Crippen LogP contribution >= 0.6 is 31.9 Å². The number of halogens is 1. The van der Waals surface area contributed by atoms with Gasteiger partial charge in [0.15, 0.2) is 0 Å². The monoisotopic (exact) mass is 272 g/mol. The second-order valence-electron chi connectivity index (χ2n) is 2.90. The van der Waals surface area contributed by atoms with Gasteiger partial charge in [0.05, 0.1) is 0 Å². The van der Waals surface area contributed by atoms with Gasteiger partial charge in [-0.25, -0.2) is 0 Å². The van der Waals surface area contributed by atoms with Gasteiger partial charge in [-0.15, -0.1) is 31.9 Å². The highest BCUT2D eigenvalue weighted by Gasteiger charge is 2.10. The summed E-state index contributed by atoms with van der Waals surface area (Å²) in [5, 5.41) is 0. The van der Waals surface area contributed by atoms with Gasteiger partial charge in [-0.05, 0) is 31.3 Å². The van der Waals surface area contributed by atoms with Crippen LogP contribution in [-0.4, -0.2) is 18.5 Å². The van der Waals surface area contributed by atoms with E-state index < -0.39 is 0 Å². The van der Waals surface area contributed by atoms with Gasteiger partial charge in [0, 0.05) is 0 Å². The molecular formula is C8H18IP. The molecule has 0 aliphatic carbocycles. The van der Waals surface area contributed by atoms with Crippen molar-refractivity contribution in [3.05, 3.63) is 0 Å². The van der Waals surface area contributed by atoms with Crippen molar-refractivity contribution >= 4 is 31.9 Å². The Hall–Kier alpha value is 1.16. The number of rotatable bonds is 2. The molecule has 0 bridgehead atoms. The molecule has 10 heavy (non-hydrogen) atoms. The summed E-state index contributed by atoms with van der Waals surface area (Å²) in [6.07, 6.45) is 10.7. The lowest BCUT2D eigenvalue weighted by atomic mass is 10.3. The molecular weight excluding hydrogens is 254 g/mol. The maximum atomic E-state index is 2.32. The van der Waals surface area contributed by atoms with E-state index in [-0.39, 0.29) is 24.0 Å². The smallest absolute Gasteiger partial charge is 0.0326 e. The molecule has 0 atom stereocenters. The summed E-state index contributed by atoms with van der Waals surface area (Å²) in [5.74, 6) is 0. The summed E-state index contributed by atoms with van der Waals surface area (Å²) in [6.45, 7) is 2.32. The molecule has 1 heterocycles. The van der Waals surface area contributed by atoms with Crippen LogP contribution in [0.25, 0.3) is 0 Å². The summed E-state index contributed by atoms with van der Waals surface area (Å²) in [6, 6.07) is 0. The van der Waals surface area contributed by atoms with E-state index in [9.17, 15) is 0 Å². The minimum atomic E-state index is 0. The fraction of sp³-hybridized carbons (Fsp3) is 1.00. The summed E-state index contributed by atoms with van der Waals surface area (Å²) >= 11 is 0. The normalized spacial score (nSPS) is 20.1. The first-order valence-corrected chi connectivity index (χ1v) is 6.05. The minimum Gasteiger partial charge on any atom is -0.107 e. The van der Waals surface area contributed by atoms with E-state index in [0.717, 1.165) is 0 Å². The molecule has 0 aromatic heterocycles. The Morgan fingerprint density at radius 3 is 2.20 bits per heavy atom. The highest BCUT2D eigenvalue weighted by Crippen LogP contribution is 2.41. The fourth-order valence-electron chi connectivity index (χ4n) is 1.50. The Kier molecular flexibility index (Phi) is 7.64. The molecule has 1 fully saturated rings. The van der Waals surface area contributed by atoms with Gasteiger partial charge in [0.1, 0.15) is 0 Å². The first kappa shape index (κ1) is 11.2. The molecule has 1 rings (SSSR count). The van der Waals surface area contributed by atoms with Crippen LogP contribution in [0.2, 0.25) is 0 Å². The topological polar surface area (TPSA) is 0 Å². The van der Waals surface area contributed by atoms with Crippen molar-refractivity contribution in [2.45, 2.75) is 32.6 Å². The van der Waals surface area contributed by atoms with Gasteiger partial charge in [-0.1, -0.05) is 19.8 Å². The molecule has 2 heteroatoms. The van der Waals surface area contributed by atoms with Crippen molar-refractivity contribution in [1.29, 1.82) is 0 Å². The maximum absolute atomic E-state index is 2.32. The Bertz CT molecular complexity index is 66.9. The molecule has 0 spiro atoms. The van der Waals surface area contributed by atoms with Crippen molar-refractivity contribution < 1.29 is 0 Å². The van der Waals surface area contributed by atoms with Crippen LogP contribution in [0, 0.1) is 0 Å². The molecule has 0 aromatic rings. The van der Waals surface area contributed by atoms with E-state index in [1.807, 2.05) is 0 Å². The zero-order valence-corrected chi connectivity index (χ0v) is 10.0. The predicted molar refractivity (Wildman–Crippen MR) is 61.1 cm³/mol. The SMILES string of the molecule is CCCP1CCCCC1.I. The molecule has 0 unspecified atom stereocenters. The third-order valence-corrected chi connectivity index (χ3v) is 4.97. The fourth-order valence-corrected chi connectivity index (χ4v) is 4.14. The van der Waals surface area contributed by atoms with Gasteiger partial charge in [0.2, 0.25) is 0 Å². The highest BCUT2D eigenvalue weighted by molar-refractivity contribution is 14.0. The summed E-state index contributed by atoms with van der Waals surface area (Å²) in [4.78, 5) is 0. The van der Waals surface area contributed by atoms with Gasteiger partial charge in [0.25, 0.3) is 0 Å². The van der Waals surface area contributed by atoms with Crippen molar-refractivity contribution in [3.63, 3.8) is 0 Å². The molecule has 0 nitrogen and oxygen atoms in total. The summed E-state index contributed by atoms with van der Waals surface area (Å²) in [7, 11) is 0.528. The third kappa shape index (κ3) is 4.12. The zero-order chi connectivity index (χ0) is 6.53. The maximum Gasteiger partial charge on any atom is -0.0326 e. The van der Waals surface area contributed by atoms with Crippen LogP contribution in [0.4, 0.5) is 0 Å². The van der Waals surface area contributed by atoms with E-state index >= 15 is 0 Å². The second-order valence-corrected chi connectivity index (χ2v) is 5.59. The summed E-state index contributed by atoms with van der Waals surface area (Å²) in [5.41, 5.74) is 0. The van der Waals surface area contributed by atoms with Crippen molar-refractivity contribution in [2.75, 3.05) is 18.5 Å². The molecule has 1 aliphatic heterocycles. The molecule has 0 amide bonds. The Morgan fingerprint density at radius 1 is 1.10 bits per heavy atom. The van der Waals surface area contributed by atoms with Crippen molar-refractivity contribution in [3.8, 4) is 0 Å². The van der Waals surface area contributed by atoms with E-state index in [1.54, 1.807) is 18.5 Å². The first-order chi connectivity index (χ1) is 4.43. The van der Waals surface area contributed by atoms with Crippen molar-refractivity contribution in [1.82, 2.24) is 0 Å². The highest BCUT2D eigenvalue weighted by atomic mass is 127. The molecule has 62 valence electrons. The van der Waals surface area contributed by atoms with E-state index in [4.69, 9.17) is 0 Å². The van der Waals surface area contributed by atoms with Crippen LogP contribution in [0.15, 0.2) is 0 Å². The Balaban J connectivity index is 0.000000810. The van der Waals surface area contributed by atoms with E-state index in [1.165, 1.54) is 25.7 Å². The average molecular weight is 272 g/mol. The van der Waals surface area contributed by atoms with E-state index in [0.29, 0.717) is 7.92 Å². The Morgan fingerprint density at radius 2 is 1.70 bits per heavy atom. The summed E-state index contributed by atoms with van der Waals surface area (Å²) < 4.78 is 0. The van der Waals surface area contributed by atoms with Crippen LogP contribution in [0.3, 0.4) is 0 Å². The Labute approximate surface area is 82.9 Å². The molecule has 0 aromatic carbocycles. The average Bonchev–Trinajstić information content (AvgIpc) is 1.91. The lowest BCUT2D eigenvalue weighted by Crippen LogP contribution is -2.00. The zero-order valence-electron chi connectivity index (χ0n) is 6.81. The minimum absolute atomic E-state index is 0. The van der Waals surface area contributed by atoms with Gasteiger partial charge in [-0.2, -0.15) is 0 Å². The van der Waals surface area contributed by atoms with Crippen LogP contribution in [0.5, 0.6) is 0 Å². The molecule has 0 N–H and O–H groups in total. The molecule has 0 saturated carbocycles.